The Hall–Kier alpha value is -3.02. The Labute approximate surface area is 134 Å². The summed E-state index contributed by atoms with van der Waals surface area (Å²) < 4.78 is 9.76. The van der Waals surface area contributed by atoms with Gasteiger partial charge in [-0.25, -0.2) is 4.79 Å². The van der Waals surface area contributed by atoms with Crippen LogP contribution in [0.1, 0.15) is 6.92 Å². The van der Waals surface area contributed by atoms with E-state index in [2.05, 4.69) is 10.6 Å². The zero-order valence-corrected chi connectivity index (χ0v) is 12.7. The van der Waals surface area contributed by atoms with Crippen LogP contribution in [0.15, 0.2) is 54.6 Å². The zero-order valence-electron chi connectivity index (χ0n) is 12.7. The number of anilines is 2. The van der Waals surface area contributed by atoms with Gasteiger partial charge >= 0.3 is 12.1 Å². The molecule has 0 saturated heterocycles. The van der Waals surface area contributed by atoms with Crippen molar-refractivity contribution in [2.75, 3.05) is 18.5 Å². The van der Waals surface area contributed by atoms with Gasteiger partial charge in [-0.3, -0.25) is 4.79 Å². The topological polar surface area (TPSA) is 76.7 Å². The van der Waals surface area contributed by atoms with Gasteiger partial charge in [-0.15, -0.1) is 0 Å². The molecule has 2 aromatic rings. The molecule has 0 unspecified atom stereocenters. The van der Waals surface area contributed by atoms with Crippen LogP contribution in [0.5, 0.6) is 5.75 Å². The second kappa shape index (κ2) is 8.43. The van der Waals surface area contributed by atoms with Crippen LogP contribution in [-0.4, -0.2) is 25.2 Å². The Bertz CT molecular complexity index is 641. The number of carbonyl (C=O) groups is 2. The molecule has 2 aromatic carbocycles. The first kappa shape index (κ1) is 16.4. The van der Waals surface area contributed by atoms with E-state index in [0.717, 1.165) is 11.4 Å². The number of para-hydroxylation sites is 1. The van der Waals surface area contributed by atoms with E-state index in [1.807, 2.05) is 30.3 Å². The third kappa shape index (κ3) is 5.70. The van der Waals surface area contributed by atoms with Crippen LogP contribution in [0.2, 0.25) is 0 Å². The summed E-state index contributed by atoms with van der Waals surface area (Å²) >= 11 is 0. The van der Waals surface area contributed by atoms with Crippen molar-refractivity contribution >= 4 is 23.4 Å². The molecule has 2 N–H and O–H groups in total. The molecule has 0 atom stereocenters. The van der Waals surface area contributed by atoms with Gasteiger partial charge in [-0.2, -0.15) is 0 Å². The highest BCUT2D eigenvalue weighted by Gasteiger charge is 2.07. The van der Waals surface area contributed by atoms with Gasteiger partial charge in [0.25, 0.3) is 0 Å². The maximum atomic E-state index is 11.5. The average molecular weight is 314 g/mol. The number of carbonyl (C=O) groups excluding carboxylic acids is 2. The van der Waals surface area contributed by atoms with Crippen LogP contribution in [0.25, 0.3) is 0 Å². The molecule has 0 aliphatic carbocycles. The fourth-order valence-corrected chi connectivity index (χ4v) is 1.79. The molecule has 0 aliphatic rings. The van der Waals surface area contributed by atoms with Crippen molar-refractivity contribution in [3.05, 3.63) is 54.6 Å². The van der Waals surface area contributed by atoms with Crippen LogP contribution in [0.3, 0.4) is 0 Å². The molecular formula is C17H18N2O4. The first-order valence-electron chi connectivity index (χ1n) is 7.21. The summed E-state index contributed by atoms with van der Waals surface area (Å²) in [7, 11) is 0. The Kier molecular flexibility index (Phi) is 5.99. The fraction of sp³-hybridized carbons (Fsp3) is 0.176. The van der Waals surface area contributed by atoms with Gasteiger partial charge in [0.15, 0.2) is 0 Å². The lowest BCUT2D eigenvalue weighted by atomic mass is 10.2. The normalized spacial score (nSPS) is 9.78. The van der Waals surface area contributed by atoms with E-state index >= 15 is 0 Å². The number of amides is 1. The van der Waals surface area contributed by atoms with Gasteiger partial charge < -0.3 is 20.1 Å². The van der Waals surface area contributed by atoms with Crippen molar-refractivity contribution in [3.8, 4) is 5.75 Å². The van der Waals surface area contributed by atoms with Crippen LogP contribution in [-0.2, 0) is 9.53 Å². The minimum atomic E-state index is -0.707. The third-order valence-electron chi connectivity index (χ3n) is 2.81. The second-order valence-electron chi connectivity index (χ2n) is 4.56. The summed E-state index contributed by atoms with van der Waals surface area (Å²) in [6, 6.07) is 16.6. The maximum absolute atomic E-state index is 11.5. The predicted molar refractivity (Wildman–Crippen MR) is 86.8 cm³/mol. The summed E-state index contributed by atoms with van der Waals surface area (Å²) in [5.74, 6) is -0.128. The van der Waals surface area contributed by atoms with E-state index in [9.17, 15) is 9.59 Å². The lowest BCUT2D eigenvalue weighted by Gasteiger charge is -2.08. The van der Waals surface area contributed by atoms with Gasteiger partial charge in [0.1, 0.15) is 12.3 Å². The summed E-state index contributed by atoms with van der Waals surface area (Å²) in [6.07, 6.45) is -0.707. The number of hydrogen-bond acceptors (Lipinski definition) is 5. The number of nitrogens with one attached hydrogen (secondary N) is 2. The van der Waals surface area contributed by atoms with E-state index in [1.165, 1.54) is 0 Å². The number of ether oxygens (including phenoxy) is 2. The number of rotatable bonds is 6. The monoisotopic (exact) mass is 314 g/mol. The van der Waals surface area contributed by atoms with Gasteiger partial charge in [0.2, 0.25) is 0 Å². The summed E-state index contributed by atoms with van der Waals surface area (Å²) in [6.45, 7) is 1.74. The zero-order chi connectivity index (χ0) is 16.5. The lowest BCUT2D eigenvalue weighted by Crippen LogP contribution is -2.32. The van der Waals surface area contributed by atoms with Gasteiger partial charge in [0.05, 0.1) is 6.61 Å². The van der Waals surface area contributed by atoms with E-state index in [1.54, 1.807) is 31.2 Å². The van der Waals surface area contributed by atoms with E-state index < -0.39 is 12.1 Å². The van der Waals surface area contributed by atoms with Crippen molar-refractivity contribution in [2.24, 2.45) is 0 Å². The minimum Gasteiger partial charge on any atom is -0.465 e. The minimum absolute atomic E-state index is 0.222. The number of benzene rings is 2. The molecule has 2 rings (SSSR count). The van der Waals surface area contributed by atoms with Crippen molar-refractivity contribution in [1.29, 1.82) is 0 Å². The van der Waals surface area contributed by atoms with E-state index in [4.69, 9.17) is 9.47 Å². The highest BCUT2D eigenvalue weighted by molar-refractivity contribution is 5.79. The van der Waals surface area contributed by atoms with Gasteiger partial charge in [0, 0.05) is 11.4 Å². The molecule has 0 spiro atoms. The number of hydrogen-bond donors (Lipinski definition) is 2. The highest BCUT2D eigenvalue weighted by Crippen LogP contribution is 2.19. The molecule has 0 heterocycles. The van der Waals surface area contributed by atoms with Crippen LogP contribution >= 0.6 is 0 Å². The van der Waals surface area contributed by atoms with E-state index in [0.29, 0.717) is 5.75 Å². The first-order valence-corrected chi connectivity index (χ1v) is 7.21. The van der Waals surface area contributed by atoms with Crippen molar-refractivity contribution in [2.45, 2.75) is 6.92 Å². The van der Waals surface area contributed by atoms with Gasteiger partial charge in [-0.1, -0.05) is 18.2 Å². The molecule has 0 saturated carbocycles. The molecule has 0 bridgehead atoms. The molecular weight excluding hydrogens is 296 g/mol. The smallest absolute Gasteiger partial charge is 0.413 e. The summed E-state index contributed by atoms with van der Waals surface area (Å²) in [4.78, 5) is 22.7. The second-order valence-corrected chi connectivity index (χ2v) is 4.56. The maximum Gasteiger partial charge on any atom is 0.413 e. The molecule has 1 amide bonds. The highest BCUT2D eigenvalue weighted by atomic mass is 16.6. The third-order valence-corrected chi connectivity index (χ3v) is 2.81. The number of esters is 1. The molecule has 0 aromatic heterocycles. The van der Waals surface area contributed by atoms with Crippen LogP contribution in [0, 0.1) is 0 Å². The fourth-order valence-electron chi connectivity index (χ4n) is 1.79. The molecule has 0 aliphatic heterocycles. The average Bonchev–Trinajstić information content (AvgIpc) is 2.56. The molecule has 0 fully saturated rings. The van der Waals surface area contributed by atoms with E-state index in [-0.39, 0.29) is 13.2 Å². The Morgan fingerprint density at radius 1 is 0.957 bits per heavy atom. The quantitative estimate of drug-likeness (QED) is 0.801. The SMILES string of the molecule is CCOC(=O)CNC(=O)Oc1ccc(Nc2ccccc2)cc1. The summed E-state index contributed by atoms with van der Waals surface area (Å²) in [5.41, 5.74) is 1.84. The molecule has 6 nitrogen and oxygen atoms in total. The first-order chi connectivity index (χ1) is 11.2. The van der Waals surface area contributed by atoms with Crippen molar-refractivity contribution in [3.63, 3.8) is 0 Å². The van der Waals surface area contributed by atoms with Gasteiger partial charge in [-0.05, 0) is 43.3 Å². The van der Waals surface area contributed by atoms with Crippen LogP contribution < -0.4 is 15.4 Å². The van der Waals surface area contributed by atoms with Crippen LogP contribution in [0.4, 0.5) is 16.2 Å². The lowest BCUT2D eigenvalue weighted by molar-refractivity contribution is -0.141. The largest absolute Gasteiger partial charge is 0.465 e. The molecule has 6 heteroatoms. The molecule has 120 valence electrons. The van der Waals surface area contributed by atoms with Crippen molar-refractivity contribution in [1.82, 2.24) is 5.32 Å². The summed E-state index contributed by atoms with van der Waals surface area (Å²) in [5, 5.41) is 5.54. The predicted octanol–water partition coefficient (Wildman–Crippen LogP) is 3.08. The Morgan fingerprint density at radius 2 is 1.61 bits per heavy atom. The molecule has 0 radical (unpaired) electrons. The Balaban J connectivity index is 1.82. The Morgan fingerprint density at radius 3 is 2.26 bits per heavy atom. The van der Waals surface area contributed by atoms with Crippen molar-refractivity contribution < 1.29 is 19.1 Å². The standard InChI is InChI=1S/C17H18N2O4/c1-2-22-16(20)12-18-17(21)23-15-10-8-14(9-11-15)19-13-6-4-3-5-7-13/h3-11,19H,2,12H2,1H3,(H,18,21). The molecule has 23 heavy (non-hydrogen) atoms.